The molecule has 0 saturated heterocycles. The number of aromatic amines is 1. The minimum atomic E-state index is 0.491. The Balaban J connectivity index is 2.10. The third-order valence-electron chi connectivity index (χ3n) is 1.98. The van der Waals surface area contributed by atoms with Crippen molar-refractivity contribution in [3.63, 3.8) is 0 Å². The van der Waals surface area contributed by atoms with Crippen LogP contribution in [0.15, 0.2) is 18.6 Å². The van der Waals surface area contributed by atoms with Crippen molar-refractivity contribution >= 4 is 0 Å². The molecule has 2 aromatic heterocycles. The SMILES string of the molecule is Cc1cnn(Cc2ncc(CN)[nH]2)c1. The first-order valence-electron chi connectivity index (χ1n) is 4.50. The van der Waals surface area contributed by atoms with E-state index >= 15 is 0 Å². The summed E-state index contributed by atoms with van der Waals surface area (Å²) in [6.07, 6.45) is 5.56. The van der Waals surface area contributed by atoms with Crippen molar-refractivity contribution in [2.75, 3.05) is 0 Å². The van der Waals surface area contributed by atoms with Crippen LogP contribution in [-0.4, -0.2) is 19.7 Å². The van der Waals surface area contributed by atoms with Gasteiger partial charge in [0.1, 0.15) is 5.82 Å². The van der Waals surface area contributed by atoms with Gasteiger partial charge in [-0.3, -0.25) is 4.68 Å². The van der Waals surface area contributed by atoms with Gasteiger partial charge in [-0.25, -0.2) is 4.98 Å². The predicted molar refractivity (Wildman–Crippen MR) is 52.5 cm³/mol. The second kappa shape index (κ2) is 3.63. The normalized spacial score (nSPS) is 10.7. The van der Waals surface area contributed by atoms with Gasteiger partial charge in [-0.05, 0) is 12.5 Å². The lowest BCUT2D eigenvalue weighted by Gasteiger charge is -1.96. The summed E-state index contributed by atoms with van der Waals surface area (Å²) in [6.45, 7) is 3.16. The highest BCUT2D eigenvalue weighted by atomic mass is 15.3. The zero-order valence-electron chi connectivity index (χ0n) is 8.07. The lowest BCUT2D eigenvalue weighted by Crippen LogP contribution is -2.02. The highest BCUT2D eigenvalue weighted by molar-refractivity contribution is 5.03. The molecule has 2 rings (SSSR count). The molecule has 2 heterocycles. The van der Waals surface area contributed by atoms with Crippen LogP contribution in [0.4, 0.5) is 0 Å². The van der Waals surface area contributed by atoms with Crippen LogP contribution >= 0.6 is 0 Å². The number of imidazole rings is 1. The van der Waals surface area contributed by atoms with Crippen molar-refractivity contribution in [2.24, 2.45) is 5.73 Å². The van der Waals surface area contributed by atoms with Crippen LogP contribution in [0.3, 0.4) is 0 Å². The van der Waals surface area contributed by atoms with Crippen molar-refractivity contribution in [3.8, 4) is 0 Å². The summed E-state index contributed by atoms with van der Waals surface area (Å²) in [6, 6.07) is 0. The number of H-pyrrole nitrogens is 1. The smallest absolute Gasteiger partial charge is 0.128 e. The van der Waals surface area contributed by atoms with Crippen LogP contribution in [0.1, 0.15) is 17.1 Å². The average Bonchev–Trinajstić information content (AvgIpc) is 2.76. The molecule has 0 atom stereocenters. The summed E-state index contributed by atoms with van der Waals surface area (Å²) in [5.41, 5.74) is 7.56. The zero-order chi connectivity index (χ0) is 9.97. The number of aryl methyl sites for hydroxylation is 1. The Kier molecular flexibility index (Phi) is 2.32. The maximum Gasteiger partial charge on any atom is 0.128 e. The Morgan fingerprint density at radius 3 is 2.93 bits per heavy atom. The highest BCUT2D eigenvalue weighted by Crippen LogP contribution is 2.00. The van der Waals surface area contributed by atoms with Crippen molar-refractivity contribution in [2.45, 2.75) is 20.0 Å². The second-order valence-electron chi connectivity index (χ2n) is 3.27. The number of aromatic nitrogens is 4. The fourth-order valence-corrected chi connectivity index (χ4v) is 1.30. The average molecular weight is 191 g/mol. The fraction of sp³-hybridized carbons (Fsp3) is 0.333. The number of hydrogen-bond acceptors (Lipinski definition) is 3. The summed E-state index contributed by atoms with van der Waals surface area (Å²) in [4.78, 5) is 7.32. The molecule has 5 heteroatoms. The molecule has 0 radical (unpaired) electrons. The minimum Gasteiger partial charge on any atom is -0.343 e. The topological polar surface area (TPSA) is 72.5 Å². The number of hydrogen-bond donors (Lipinski definition) is 2. The van der Waals surface area contributed by atoms with Gasteiger partial charge in [0.05, 0.1) is 12.7 Å². The third kappa shape index (κ3) is 1.82. The van der Waals surface area contributed by atoms with E-state index in [2.05, 4.69) is 15.1 Å². The molecule has 0 unspecified atom stereocenters. The second-order valence-corrected chi connectivity index (χ2v) is 3.27. The van der Waals surface area contributed by atoms with E-state index in [0.29, 0.717) is 13.1 Å². The summed E-state index contributed by atoms with van der Waals surface area (Å²) in [7, 11) is 0. The number of rotatable bonds is 3. The molecule has 5 nitrogen and oxygen atoms in total. The highest BCUT2D eigenvalue weighted by Gasteiger charge is 2.00. The standard InChI is InChI=1S/C9H13N5/c1-7-3-12-14(5-7)6-9-11-4-8(2-10)13-9/h3-5H,2,6,10H2,1H3,(H,11,13). The molecular formula is C9H13N5. The van der Waals surface area contributed by atoms with E-state index < -0.39 is 0 Å². The van der Waals surface area contributed by atoms with Crippen LogP contribution in [0.25, 0.3) is 0 Å². The van der Waals surface area contributed by atoms with E-state index in [1.54, 1.807) is 6.20 Å². The van der Waals surface area contributed by atoms with E-state index in [0.717, 1.165) is 17.1 Å². The van der Waals surface area contributed by atoms with Crippen molar-refractivity contribution < 1.29 is 0 Å². The third-order valence-corrected chi connectivity index (χ3v) is 1.98. The van der Waals surface area contributed by atoms with Crippen molar-refractivity contribution in [1.82, 2.24) is 19.7 Å². The molecule has 14 heavy (non-hydrogen) atoms. The molecule has 74 valence electrons. The first-order valence-corrected chi connectivity index (χ1v) is 4.50. The molecule has 0 amide bonds. The van der Waals surface area contributed by atoms with Gasteiger partial charge in [0.2, 0.25) is 0 Å². The largest absolute Gasteiger partial charge is 0.343 e. The Bertz CT molecular complexity index is 414. The minimum absolute atomic E-state index is 0.491. The van der Waals surface area contributed by atoms with Crippen LogP contribution in [0, 0.1) is 6.92 Å². The van der Waals surface area contributed by atoms with Crippen LogP contribution in [-0.2, 0) is 13.1 Å². The van der Waals surface area contributed by atoms with Gasteiger partial charge in [-0.2, -0.15) is 5.10 Å². The lowest BCUT2D eigenvalue weighted by atomic mass is 10.4. The van der Waals surface area contributed by atoms with E-state index in [-0.39, 0.29) is 0 Å². The molecular weight excluding hydrogens is 178 g/mol. The van der Waals surface area contributed by atoms with Gasteiger partial charge in [-0.15, -0.1) is 0 Å². The Morgan fingerprint density at radius 2 is 2.36 bits per heavy atom. The van der Waals surface area contributed by atoms with Crippen molar-refractivity contribution in [1.29, 1.82) is 0 Å². The van der Waals surface area contributed by atoms with Crippen molar-refractivity contribution in [3.05, 3.63) is 35.7 Å². The predicted octanol–water partition coefficient (Wildman–Crippen LogP) is 0.422. The molecule has 0 aliphatic rings. The summed E-state index contributed by atoms with van der Waals surface area (Å²) in [5.74, 6) is 0.883. The van der Waals surface area contributed by atoms with Gasteiger partial charge >= 0.3 is 0 Å². The van der Waals surface area contributed by atoms with E-state index in [1.165, 1.54) is 0 Å². The number of nitrogens with zero attached hydrogens (tertiary/aromatic N) is 3. The number of nitrogens with one attached hydrogen (secondary N) is 1. The Morgan fingerprint density at radius 1 is 1.50 bits per heavy atom. The number of nitrogens with two attached hydrogens (primary N) is 1. The monoisotopic (exact) mass is 191 g/mol. The Hall–Kier alpha value is -1.62. The van der Waals surface area contributed by atoms with E-state index in [9.17, 15) is 0 Å². The van der Waals surface area contributed by atoms with Gasteiger partial charge in [0.15, 0.2) is 0 Å². The summed E-state index contributed by atoms with van der Waals surface area (Å²) < 4.78 is 1.84. The van der Waals surface area contributed by atoms with Gasteiger partial charge in [0.25, 0.3) is 0 Å². The quantitative estimate of drug-likeness (QED) is 0.738. The van der Waals surface area contributed by atoms with Gasteiger partial charge < -0.3 is 10.7 Å². The zero-order valence-corrected chi connectivity index (χ0v) is 8.07. The van der Waals surface area contributed by atoms with Gasteiger partial charge in [-0.1, -0.05) is 0 Å². The Labute approximate surface area is 82.0 Å². The maximum absolute atomic E-state index is 5.47. The van der Waals surface area contributed by atoms with Crippen LogP contribution in [0.5, 0.6) is 0 Å². The molecule has 0 aliphatic heterocycles. The molecule has 3 N–H and O–H groups in total. The molecule has 0 aliphatic carbocycles. The molecule has 0 aromatic carbocycles. The van der Waals surface area contributed by atoms with Gasteiger partial charge in [0, 0.05) is 24.6 Å². The molecule has 0 bridgehead atoms. The molecule has 0 fully saturated rings. The molecule has 0 saturated carbocycles. The summed E-state index contributed by atoms with van der Waals surface area (Å²) >= 11 is 0. The molecule has 0 spiro atoms. The van der Waals surface area contributed by atoms with Crippen LogP contribution < -0.4 is 5.73 Å². The summed E-state index contributed by atoms with van der Waals surface area (Å²) in [5, 5.41) is 4.17. The maximum atomic E-state index is 5.47. The van der Waals surface area contributed by atoms with Crippen LogP contribution in [0.2, 0.25) is 0 Å². The van der Waals surface area contributed by atoms with E-state index in [4.69, 9.17) is 5.73 Å². The first kappa shape index (κ1) is 8.96. The molecule has 2 aromatic rings. The lowest BCUT2D eigenvalue weighted by molar-refractivity contribution is 0.660. The van der Waals surface area contributed by atoms with E-state index in [1.807, 2.05) is 24.0 Å². The first-order chi connectivity index (χ1) is 6.78. The fourth-order valence-electron chi connectivity index (χ4n) is 1.30.